The molecule has 0 saturated heterocycles. The third-order valence-corrected chi connectivity index (χ3v) is 7.63. The van der Waals surface area contributed by atoms with Crippen molar-refractivity contribution in [2.75, 3.05) is 11.9 Å². The molecular formula is C28H35N5O5. The molecule has 0 spiro atoms. The lowest BCUT2D eigenvalue weighted by molar-refractivity contribution is -0.120. The van der Waals surface area contributed by atoms with Crippen molar-refractivity contribution < 1.29 is 19.7 Å². The van der Waals surface area contributed by atoms with Crippen LogP contribution in [0.5, 0.6) is 11.5 Å². The van der Waals surface area contributed by atoms with Crippen LogP contribution in [-0.4, -0.2) is 48.4 Å². The van der Waals surface area contributed by atoms with Gasteiger partial charge < -0.3 is 20.3 Å². The van der Waals surface area contributed by atoms with Gasteiger partial charge in [0.2, 0.25) is 0 Å². The number of ether oxygens (including phenoxy) is 1. The van der Waals surface area contributed by atoms with E-state index in [2.05, 4.69) is 22.4 Å². The van der Waals surface area contributed by atoms with Crippen LogP contribution in [-0.2, 0) is 24.2 Å². The molecule has 1 fully saturated rings. The summed E-state index contributed by atoms with van der Waals surface area (Å²) in [6, 6.07) is 6.20. The minimum absolute atomic E-state index is 0.102. The zero-order chi connectivity index (χ0) is 26.6. The zero-order valence-electron chi connectivity index (χ0n) is 21.7. The van der Waals surface area contributed by atoms with Crippen molar-refractivity contribution in [1.29, 1.82) is 0 Å². The fourth-order valence-corrected chi connectivity index (χ4v) is 5.66. The summed E-state index contributed by atoms with van der Waals surface area (Å²) in [6.07, 6.45) is 10.0. The zero-order valence-corrected chi connectivity index (χ0v) is 21.7. The molecule has 3 N–H and O–H groups in total. The second-order valence-corrected chi connectivity index (χ2v) is 10.4. The first-order valence-electron chi connectivity index (χ1n) is 13.4. The SMILES string of the molecule is Cc1ccc(Oc2cnn(C(CC3CCCC3)C(=O)Nc3ccn(C[C@@H](O)CO)n3)c(=O)c2)c2c1CCC2. The van der Waals surface area contributed by atoms with E-state index in [-0.39, 0.29) is 19.1 Å². The van der Waals surface area contributed by atoms with Crippen molar-refractivity contribution in [3.8, 4) is 11.5 Å². The lowest BCUT2D eigenvalue weighted by Gasteiger charge is -2.21. The minimum atomic E-state index is -0.946. The third-order valence-electron chi connectivity index (χ3n) is 7.63. The summed E-state index contributed by atoms with van der Waals surface area (Å²) in [5, 5.41) is 30.1. The van der Waals surface area contributed by atoms with Crippen LogP contribution in [0.15, 0.2) is 41.5 Å². The average Bonchev–Trinajstić information content (AvgIpc) is 3.67. The molecule has 3 aromatic rings. The van der Waals surface area contributed by atoms with Gasteiger partial charge in [0.15, 0.2) is 11.6 Å². The first-order valence-corrected chi connectivity index (χ1v) is 13.4. The number of aryl methyl sites for hydroxylation is 1. The summed E-state index contributed by atoms with van der Waals surface area (Å²) in [7, 11) is 0. The molecule has 1 unspecified atom stereocenters. The number of aliphatic hydroxyl groups is 2. The molecule has 0 radical (unpaired) electrons. The molecule has 38 heavy (non-hydrogen) atoms. The van der Waals surface area contributed by atoms with E-state index in [0.29, 0.717) is 23.9 Å². The molecule has 1 amide bonds. The first kappa shape index (κ1) is 26.1. The van der Waals surface area contributed by atoms with E-state index in [0.717, 1.165) is 50.7 Å². The molecule has 2 aromatic heterocycles. The van der Waals surface area contributed by atoms with Crippen molar-refractivity contribution in [3.63, 3.8) is 0 Å². The van der Waals surface area contributed by atoms with Crippen molar-refractivity contribution in [1.82, 2.24) is 19.6 Å². The number of aliphatic hydroxyl groups excluding tert-OH is 2. The standard InChI is InChI=1S/C28H35N5O5/c1-18-9-10-25(23-8-4-7-22(18)23)38-21-14-27(36)33(29-15-21)24(13-19-5-2-3-6-19)28(37)30-26-11-12-32(31-26)16-20(35)17-34/h9-12,14-15,19-20,24,34-35H,2-8,13,16-17H2,1H3,(H,30,31,37)/t20-,24?/m1/s1. The molecule has 202 valence electrons. The van der Waals surface area contributed by atoms with Crippen molar-refractivity contribution >= 4 is 11.7 Å². The maximum absolute atomic E-state index is 13.4. The van der Waals surface area contributed by atoms with E-state index in [9.17, 15) is 14.7 Å². The average molecular weight is 522 g/mol. The number of nitrogens with one attached hydrogen (secondary N) is 1. The summed E-state index contributed by atoms with van der Waals surface area (Å²) in [6.45, 7) is 1.82. The van der Waals surface area contributed by atoms with Crippen LogP contribution in [0.4, 0.5) is 5.82 Å². The quantitative estimate of drug-likeness (QED) is 0.373. The predicted molar refractivity (Wildman–Crippen MR) is 141 cm³/mol. The van der Waals surface area contributed by atoms with Gasteiger partial charge in [0.05, 0.1) is 25.5 Å². The van der Waals surface area contributed by atoms with Crippen LogP contribution in [0.2, 0.25) is 0 Å². The van der Waals surface area contributed by atoms with E-state index >= 15 is 0 Å². The minimum Gasteiger partial charge on any atom is -0.455 e. The van der Waals surface area contributed by atoms with Gasteiger partial charge >= 0.3 is 0 Å². The Labute approximate surface area is 221 Å². The van der Waals surface area contributed by atoms with Crippen molar-refractivity contribution in [3.05, 3.63) is 63.7 Å². The van der Waals surface area contributed by atoms with E-state index in [1.165, 1.54) is 38.3 Å². The summed E-state index contributed by atoms with van der Waals surface area (Å²) in [4.78, 5) is 26.6. The number of hydrogen-bond donors (Lipinski definition) is 3. The van der Waals surface area contributed by atoms with Crippen molar-refractivity contribution in [2.24, 2.45) is 5.92 Å². The van der Waals surface area contributed by atoms with E-state index in [4.69, 9.17) is 9.84 Å². The van der Waals surface area contributed by atoms with Gasteiger partial charge in [-0.3, -0.25) is 14.3 Å². The summed E-state index contributed by atoms with van der Waals surface area (Å²) < 4.78 is 8.79. The van der Waals surface area contributed by atoms with E-state index in [1.54, 1.807) is 12.3 Å². The number of anilines is 1. The molecule has 10 nitrogen and oxygen atoms in total. The lowest BCUT2D eigenvalue weighted by atomic mass is 9.98. The Kier molecular flexibility index (Phi) is 7.90. The van der Waals surface area contributed by atoms with Gasteiger partial charge in [-0.05, 0) is 61.3 Å². The van der Waals surface area contributed by atoms with Gasteiger partial charge in [0.1, 0.15) is 11.8 Å². The second kappa shape index (κ2) is 11.5. The van der Waals surface area contributed by atoms with Gasteiger partial charge in [-0.15, -0.1) is 0 Å². The Morgan fingerprint density at radius 1 is 1.18 bits per heavy atom. The molecule has 2 aliphatic rings. The molecule has 0 aliphatic heterocycles. The second-order valence-electron chi connectivity index (χ2n) is 10.4. The summed E-state index contributed by atoms with van der Waals surface area (Å²) in [5.74, 6) is 1.37. The maximum Gasteiger partial charge on any atom is 0.271 e. The molecule has 1 saturated carbocycles. The number of aromatic nitrogens is 4. The number of amides is 1. The molecule has 10 heteroatoms. The summed E-state index contributed by atoms with van der Waals surface area (Å²) in [5.41, 5.74) is 3.37. The number of hydrogen-bond acceptors (Lipinski definition) is 7. The van der Waals surface area contributed by atoms with Crippen LogP contribution >= 0.6 is 0 Å². The van der Waals surface area contributed by atoms with Crippen LogP contribution in [0.25, 0.3) is 0 Å². The van der Waals surface area contributed by atoms with Gasteiger partial charge in [-0.1, -0.05) is 31.7 Å². The van der Waals surface area contributed by atoms with Crippen LogP contribution in [0.1, 0.15) is 61.3 Å². The molecular weight excluding hydrogens is 486 g/mol. The predicted octanol–water partition coefficient (Wildman–Crippen LogP) is 3.14. The Hall–Kier alpha value is -3.50. The fourth-order valence-electron chi connectivity index (χ4n) is 5.66. The molecule has 2 atom stereocenters. The highest BCUT2D eigenvalue weighted by Gasteiger charge is 2.29. The van der Waals surface area contributed by atoms with Crippen molar-refractivity contribution in [2.45, 2.75) is 77.0 Å². The number of carbonyl (C=O) groups is 1. The number of rotatable bonds is 10. The fraction of sp³-hybridized carbons (Fsp3) is 0.500. The smallest absolute Gasteiger partial charge is 0.271 e. The van der Waals surface area contributed by atoms with E-state index < -0.39 is 17.7 Å². The van der Waals surface area contributed by atoms with Crippen LogP contribution < -0.4 is 15.6 Å². The Morgan fingerprint density at radius 2 is 1.97 bits per heavy atom. The number of carbonyl (C=O) groups excluding carboxylic acids is 1. The molecule has 1 aromatic carbocycles. The lowest BCUT2D eigenvalue weighted by Crippen LogP contribution is -2.36. The van der Waals surface area contributed by atoms with Crippen LogP contribution in [0, 0.1) is 12.8 Å². The first-order chi connectivity index (χ1) is 18.4. The largest absolute Gasteiger partial charge is 0.455 e. The van der Waals surface area contributed by atoms with Crippen LogP contribution in [0.3, 0.4) is 0 Å². The van der Waals surface area contributed by atoms with E-state index in [1.807, 2.05) is 12.1 Å². The molecule has 2 aliphatic carbocycles. The Balaban J connectivity index is 1.35. The van der Waals surface area contributed by atoms with Gasteiger partial charge in [0, 0.05) is 18.3 Å². The topological polar surface area (TPSA) is 132 Å². The number of benzene rings is 1. The maximum atomic E-state index is 13.4. The molecule has 0 bridgehead atoms. The molecule has 5 rings (SSSR count). The highest BCUT2D eigenvalue weighted by Crippen LogP contribution is 2.35. The Bertz CT molecular complexity index is 1340. The number of nitrogens with zero attached hydrogens (tertiary/aromatic N) is 4. The highest BCUT2D eigenvalue weighted by molar-refractivity contribution is 5.92. The summed E-state index contributed by atoms with van der Waals surface area (Å²) >= 11 is 0. The Morgan fingerprint density at radius 3 is 2.74 bits per heavy atom. The number of fused-ring (bicyclic) bond motifs is 1. The van der Waals surface area contributed by atoms with Gasteiger partial charge in [0.25, 0.3) is 11.5 Å². The normalized spacial score (nSPS) is 16.8. The monoisotopic (exact) mass is 521 g/mol. The van der Waals surface area contributed by atoms with Gasteiger partial charge in [-0.2, -0.15) is 10.2 Å². The highest BCUT2D eigenvalue weighted by atomic mass is 16.5. The van der Waals surface area contributed by atoms with Gasteiger partial charge in [-0.25, -0.2) is 4.68 Å². The third kappa shape index (κ3) is 5.81. The molecule has 2 heterocycles.